The molecule has 0 radical (unpaired) electrons. The molecule has 0 bridgehead atoms. The lowest BCUT2D eigenvalue weighted by molar-refractivity contribution is -0.138. The molecule has 0 rings (SSSR count). The first-order chi connectivity index (χ1) is 7.39. The molecule has 102 valence electrons. The lowest BCUT2D eigenvalue weighted by atomic mass is 10.4. The van der Waals surface area contributed by atoms with Gasteiger partial charge in [0.15, 0.2) is 0 Å². The molecule has 17 heavy (non-hydrogen) atoms. The van der Waals surface area contributed by atoms with Gasteiger partial charge in [0, 0.05) is 5.57 Å². The number of rotatable bonds is 4. The largest absolute Gasteiger partial charge is 0.478 e. The molecule has 0 atom stereocenters. The first kappa shape index (κ1) is 18.8. The molecule has 0 aliphatic carbocycles. The van der Waals surface area contributed by atoms with Crippen molar-refractivity contribution in [3.05, 3.63) is 12.2 Å². The van der Waals surface area contributed by atoms with Crippen LogP contribution in [0.2, 0.25) is 0 Å². The van der Waals surface area contributed by atoms with Gasteiger partial charge in [0.2, 0.25) is 0 Å². The van der Waals surface area contributed by atoms with Crippen LogP contribution in [0.3, 0.4) is 0 Å². The predicted molar refractivity (Wildman–Crippen MR) is 56.6 cm³/mol. The Morgan fingerprint density at radius 2 is 1.53 bits per heavy atom. The van der Waals surface area contributed by atoms with E-state index in [0.29, 0.717) is 12.2 Å². The lowest BCUT2D eigenvalue weighted by Gasteiger charge is -2.03. The van der Waals surface area contributed by atoms with Crippen molar-refractivity contribution in [2.24, 2.45) is 0 Å². The number of carbonyl (C=O) groups excluding carboxylic acids is 1. The van der Waals surface area contributed by atoms with E-state index in [9.17, 15) is 13.9 Å². The summed E-state index contributed by atoms with van der Waals surface area (Å²) < 4.78 is 26.8. The highest BCUT2D eigenvalue weighted by Crippen LogP contribution is 2.53. The Balaban J connectivity index is 0. The van der Waals surface area contributed by atoms with Crippen LogP contribution in [0.1, 0.15) is 13.8 Å². The summed E-state index contributed by atoms with van der Waals surface area (Å²) in [4.78, 5) is 41.4. The van der Waals surface area contributed by atoms with Gasteiger partial charge in [-0.1, -0.05) is 6.58 Å². The van der Waals surface area contributed by atoms with Crippen LogP contribution in [0.4, 0.5) is 0 Å². The van der Waals surface area contributed by atoms with Crippen LogP contribution in [-0.2, 0) is 23.0 Å². The van der Waals surface area contributed by atoms with Crippen molar-refractivity contribution in [3.63, 3.8) is 0 Å². The van der Waals surface area contributed by atoms with Gasteiger partial charge in [-0.2, -0.15) is 4.31 Å². The maximum Gasteiger partial charge on any atom is 0.478 e. The van der Waals surface area contributed by atoms with E-state index < -0.39 is 15.6 Å². The van der Waals surface area contributed by atoms with E-state index in [-0.39, 0.29) is 5.97 Å². The third-order valence-corrected chi connectivity index (χ3v) is 2.54. The van der Waals surface area contributed by atoms with Gasteiger partial charge in [-0.3, -0.25) is 0 Å². The summed E-state index contributed by atoms with van der Waals surface area (Å²) in [6.45, 7) is 7.21. The van der Waals surface area contributed by atoms with Crippen LogP contribution < -0.4 is 0 Å². The van der Waals surface area contributed by atoms with Crippen LogP contribution in [0.5, 0.6) is 0 Å². The molecule has 0 saturated carbocycles. The molecule has 4 N–H and O–H groups in total. The molecule has 0 unspecified atom stereocenters. The Morgan fingerprint density at radius 3 is 1.59 bits per heavy atom. The fourth-order valence-corrected chi connectivity index (χ4v) is 1.50. The standard InChI is InChI=1S/C6H10O2.H4O7P2/c1-4-8-6(7)5(2)3;1-8(2,3)7-9(4,5)6/h2,4H2,1,3H3;(H2,1,2,3)(H2,4,5,6). The second-order valence-corrected chi connectivity index (χ2v) is 5.18. The third-order valence-electron chi connectivity index (χ3n) is 0.837. The highest BCUT2D eigenvalue weighted by atomic mass is 31.3. The Hall–Kier alpha value is -0.530. The number of carbonyl (C=O) groups is 1. The summed E-state index contributed by atoms with van der Waals surface area (Å²) in [5.74, 6) is -0.312. The molecular weight excluding hydrogens is 278 g/mol. The normalized spacial score (nSPS) is 11.2. The molecule has 11 heteroatoms. The third kappa shape index (κ3) is 18.1. The van der Waals surface area contributed by atoms with E-state index in [2.05, 4.69) is 15.6 Å². The summed E-state index contributed by atoms with van der Waals surface area (Å²) in [7, 11) is -10.1. The summed E-state index contributed by atoms with van der Waals surface area (Å²) in [6, 6.07) is 0. The smallest absolute Gasteiger partial charge is 0.463 e. The van der Waals surface area contributed by atoms with Crippen LogP contribution in [-0.4, -0.2) is 32.1 Å². The van der Waals surface area contributed by atoms with Crippen LogP contribution in [0.25, 0.3) is 0 Å². The molecule has 0 amide bonds. The summed E-state index contributed by atoms with van der Waals surface area (Å²) >= 11 is 0. The monoisotopic (exact) mass is 292 g/mol. The van der Waals surface area contributed by atoms with Gasteiger partial charge in [0.1, 0.15) is 0 Å². The van der Waals surface area contributed by atoms with E-state index in [1.165, 1.54) is 0 Å². The van der Waals surface area contributed by atoms with E-state index >= 15 is 0 Å². The molecule has 0 saturated heterocycles. The van der Waals surface area contributed by atoms with Crippen molar-refractivity contribution < 1.29 is 42.5 Å². The SMILES string of the molecule is C=C(C)C(=O)OCC.O=P(O)(O)OP(=O)(O)O. The number of ether oxygens (including phenoxy) is 1. The second-order valence-electron chi connectivity index (χ2n) is 2.56. The number of hydrogen-bond acceptors (Lipinski definition) is 5. The van der Waals surface area contributed by atoms with E-state index in [4.69, 9.17) is 19.6 Å². The minimum absolute atomic E-state index is 0.312. The average Bonchev–Trinajstić information content (AvgIpc) is 1.98. The zero-order chi connectivity index (χ0) is 14.3. The van der Waals surface area contributed by atoms with Crippen molar-refractivity contribution in [3.8, 4) is 0 Å². The van der Waals surface area contributed by atoms with E-state index in [1.807, 2.05) is 0 Å². The fourth-order valence-electron chi connectivity index (χ4n) is 0.393. The number of esters is 1. The molecule has 0 aromatic carbocycles. The van der Waals surface area contributed by atoms with Crippen molar-refractivity contribution in [2.45, 2.75) is 13.8 Å². The maximum atomic E-state index is 10.4. The van der Waals surface area contributed by atoms with Crippen molar-refractivity contribution in [2.75, 3.05) is 6.61 Å². The Bertz CT molecular complexity index is 330. The van der Waals surface area contributed by atoms with Gasteiger partial charge >= 0.3 is 21.6 Å². The average molecular weight is 292 g/mol. The first-order valence-electron chi connectivity index (χ1n) is 4.04. The quantitative estimate of drug-likeness (QED) is 0.326. The van der Waals surface area contributed by atoms with Gasteiger partial charge in [-0.15, -0.1) is 0 Å². The van der Waals surface area contributed by atoms with Crippen LogP contribution in [0, 0.1) is 0 Å². The summed E-state index contributed by atoms with van der Waals surface area (Å²) in [5.41, 5.74) is 0.451. The second kappa shape index (κ2) is 7.73. The highest BCUT2D eigenvalue weighted by molar-refractivity contribution is 7.60. The van der Waals surface area contributed by atoms with Gasteiger partial charge in [-0.05, 0) is 13.8 Å². The topological polar surface area (TPSA) is 151 Å². The van der Waals surface area contributed by atoms with Crippen molar-refractivity contribution in [1.29, 1.82) is 0 Å². The minimum atomic E-state index is -5.05. The van der Waals surface area contributed by atoms with Gasteiger partial charge in [0.25, 0.3) is 0 Å². The molecule has 0 heterocycles. The Morgan fingerprint density at radius 1 is 1.18 bits per heavy atom. The molecule has 0 spiro atoms. The number of hydrogen-bond donors (Lipinski definition) is 4. The molecule has 9 nitrogen and oxygen atoms in total. The molecule has 0 aliphatic heterocycles. The van der Waals surface area contributed by atoms with Gasteiger partial charge in [-0.25, -0.2) is 13.9 Å². The molecule has 0 aromatic heterocycles. The Kier molecular flexibility index (Phi) is 8.56. The molecule has 0 fully saturated rings. The van der Waals surface area contributed by atoms with Crippen LogP contribution >= 0.6 is 15.6 Å². The fraction of sp³-hybridized carbons (Fsp3) is 0.500. The first-order valence-corrected chi connectivity index (χ1v) is 7.10. The molecular formula is C6H14O9P2. The summed E-state index contributed by atoms with van der Waals surface area (Å²) in [5, 5.41) is 0. The van der Waals surface area contributed by atoms with Crippen molar-refractivity contribution in [1.82, 2.24) is 0 Å². The van der Waals surface area contributed by atoms with Crippen molar-refractivity contribution >= 4 is 21.6 Å². The predicted octanol–water partition coefficient (Wildman–Crippen LogP) is 0.314. The maximum absolute atomic E-state index is 10.4. The molecule has 0 aliphatic rings. The minimum Gasteiger partial charge on any atom is -0.463 e. The number of phosphoric acid groups is 2. The molecule has 0 aromatic rings. The zero-order valence-electron chi connectivity index (χ0n) is 9.14. The van der Waals surface area contributed by atoms with E-state index in [0.717, 1.165) is 0 Å². The Labute approximate surface area is 97.5 Å². The summed E-state index contributed by atoms with van der Waals surface area (Å²) in [6.07, 6.45) is 0. The zero-order valence-corrected chi connectivity index (χ0v) is 10.9. The van der Waals surface area contributed by atoms with Crippen LogP contribution in [0.15, 0.2) is 12.2 Å². The van der Waals surface area contributed by atoms with Gasteiger partial charge in [0.05, 0.1) is 6.61 Å². The highest BCUT2D eigenvalue weighted by Gasteiger charge is 2.27. The lowest BCUT2D eigenvalue weighted by Crippen LogP contribution is -2.03. The van der Waals surface area contributed by atoms with Gasteiger partial charge < -0.3 is 24.3 Å². The van der Waals surface area contributed by atoms with E-state index in [1.54, 1.807) is 13.8 Å².